The van der Waals surface area contributed by atoms with Gasteiger partial charge < -0.3 is 15.2 Å². The normalized spacial score (nSPS) is 11.1. The van der Waals surface area contributed by atoms with Crippen molar-refractivity contribution in [2.75, 3.05) is 19.6 Å². The van der Waals surface area contributed by atoms with Crippen LogP contribution in [0, 0.1) is 0 Å². The molecule has 0 atom stereocenters. The first-order valence-electron chi connectivity index (χ1n) is 6.33. The molecule has 0 fully saturated rings. The van der Waals surface area contributed by atoms with Gasteiger partial charge in [0.05, 0.1) is 19.6 Å². The molecule has 0 aliphatic carbocycles. The molecule has 0 saturated carbocycles. The molecule has 6 nitrogen and oxygen atoms in total. The number of hydrogen-bond acceptors (Lipinski definition) is 4. The van der Waals surface area contributed by atoms with Gasteiger partial charge in [0.25, 0.3) is 0 Å². The molecule has 4 N–H and O–H groups in total. The lowest BCUT2D eigenvalue weighted by Crippen LogP contribution is -2.46. The lowest BCUT2D eigenvalue weighted by atomic mass is 10.2. The van der Waals surface area contributed by atoms with Crippen LogP contribution >= 0.6 is 0 Å². The molecule has 0 spiro atoms. The van der Waals surface area contributed by atoms with E-state index in [9.17, 15) is 0 Å². The highest BCUT2D eigenvalue weighted by molar-refractivity contribution is 7.79. The Kier molecular flexibility index (Phi) is 10.5. The van der Waals surface area contributed by atoms with Crippen LogP contribution < -0.4 is 6.15 Å². The van der Waals surface area contributed by atoms with E-state index in [4.69, 9.17) is 17.5 Å². The molecule has 118 valence electrons. The smallest absolute Gasteiger partial charge is 0.215 e. The van der Waals surface area contributed by atoms with Gasteiger partial charge in [-0.25, -0.2) is 8.42 Å². The second-order valence-electron chi connectivity index (χ2n) is 4.36. The summed E-state index contributed by atoms with van der Waals surface area (Å²) >= 11 is 0. The Morgan fingerprint density at radius 1 is 1.05 bits per heavy atom. The molecule has 0 amide bonds. The molecule has 7 heteroatoms. The van der Waals surface area contributed by atoms with Gasteiger partial charge in [-0.2, -0.15) is 0 Å². The Hall–Kier alpha value is -0.990. The fraction of sp³-hybridized carbons (Fsp3) is 0.538. The lowest BCUT2D eigenvalue weighted by molar-refractivity contribution is -0.936. The van der Waals surface area contributed by atoms with Crippen molar-refractivity contribution in [3.8, 4) is 0 Å². The SMILES string of the molecule is CC[N+](CC)(CC)Cc1ccccc1.N.O=S(=O)([O-])O. The monoisotopic (exact) mass is 306 g/mol. The fourth-order valence-electron chi connectivity index (χ4n) is 1.98. The van der Waals surface area contributed by atoms with Crippen LogP contribution in [0.4, 0.5) is 0 Å². The Morgan fingerprint density at radius 2 is 1.40 bits per heavy atom. The third kappa shape index (κ3) is 9.88. The van der Waals surface area contributed by atoms with E-state index in [0.717, 1.165) is 0 Å². The predicted octanol–water partition coefficient (Wildman–Crippen LogP) is 2.23. The number of hydrogen-bond donors (Lipinski definition) is 2. The molecule has 0 radical (unpaired) electrons. The predicted molar refractivity (Wildman–Crippen MR) is 79.4 cm³/mol. The number of rotatable bonds is 5. The van der Waals surface area contributed by atoms with Crippen molar-refractivity contribution in [3.63, 3.8) is 0 Å². The zero-order valence-corrected chi connectivity index (χ0v) is 13.3. The summed E-state index contributed by atoms with van der Waals surface area (Å²) in [6.45, 7) is 11.7. The van der Waals surface area contributed by atoms with Crippen molar-refractivity contribution in [2.24, 2.45) is 0 Å². The molecule has 0 heterocycles. The van der Waals surface area contributed by atoms with Crippen LogP contribution in [0.15, 0.2) is 30.3 Å². The van der Waals surface area contributed by atoms with Crippen LogP contribution in [0.2, 0.25) is 0 Å². The van der Waals surface area contributed by atoms with Crippen LogP contribution in [-0.2, 0) is 16.9 Å². The van der Waals surface area contributed by atoms with Crippen LogP contribution in [0.1, 0.15) is 26.3 Å². The van der Waals surface area contributed by atoms with Gasteiger partial charge in [0.1, 0.15) is 6.54 Å². The molecule has 1 rings (SSSR count). The van der Waals surface area contributed by atoms with Gasteiger partial charge >= 0.3 is 0 Å². The highest BCUT2D eigenvalue weighted by Gasteiger charge is 2.20. The Labute approximate surface area is 122 Å². The van der Waals surface area contributed by atoms with E-state index in [-0.39, 0.29) is 6.15 Å². The van der Waals surface area contributed by atoms with E-state index in [1.165, 1.54) is 36.2 Å². The quantitative estimate of drug-likeness (QED) is 0.492. The molecular formula is C13H26N2O4S. The molecule has 1 aromatic rings. The molecule has 0 aliphatic heterocycles. The van der Waals surface area contributed by atoms with Crippen molar-refractivity contribution in [1.82, 2.24) is 6.15 Å². The highest BCUT2D eigenvalue weighted by atomic mass is 32.3. The van der Waals surface area contributed by atoms with Gasteiger partial charge in [-0.3, -0.25) is 4.55 Å². The Bertz CT molecular complexity index is 428. The average Bonchev–Trinajstić information content (AvgIpc) is 2.35. The first-order valence-corrected chi connectivity index (χ1v) is 7.70. The fourth-order valence-corrected chi connectivity index (χ4v) is 1.98. The lowest BCUT2D eigenvalue weighted by Gasteiger charge is -2.35. The van der Waals surface area contributed by atoms with Crippen molar-refractivity contribution in [3.05, 3.63) is 35.9 Å². The molecule has 1 aromatic carbocycles. The van der Waals surface area contributed by atoms with E-state index in [2.05, 4.69) is 51.1 Å². The van der Waals surface area contributed by atoms with Crippen molar-refractivity contribution >= 4 is 10.4 Å². The first kappa shape index (κ1) is 21.3. The van der Waals surface area contributed by atoms with Gasteiger partial charge in [0, 0.05) is 5.56 Å². The van der Waals surface area contributed by atoms with Crippen molar-refractivity contribution < 1.29 is 22.0 Å². The van der Waals surface area contributed by atoms with Gasteiger partial charge in [-0.1, -0.05) is 30.3 Å². The minimum absolute atomic E-state index is 0. The zero-order chi connectivity index (χ0) is 14.9. The second-order valence-corrected chi connectivity index (χ2v) is 5.22. The number of quaternary nitrogens is 1. The maximum atomic E-state index is 8.63. The summed E-state index contributed by atoms with van der Waals surface area (Å²) in [7, 11) is -4.92. The minimum Gasteiger partial charge on any atom is -0.726 e. The van der Waals surface area contributed by atoms with Crippen molar-refractivity contribution in [1.29, 1.82) is 0 Å². The Morgan fingerprint density at radius 3 is 1.70 bits per heavy atom. The van der Waals surface area contributed by atoms with Gasteiger partial charge in [-0.05, 0) is 20.8 Å². The number of benzene rings is 1. The maximum absolute atomic E-state index is 8.63. The summed E-state index contributed by atoms with van der Waals surface area (Å²) in [5, 5.41) is 0. The van der Waals surface area contributed by atoms with E-state index < -0.39 is 10.4 Å². The highest BCUT2D eigenvalue weighted by Crippen LogP contribution is 2.13. The molecule has 0 unspecified atom stereocenters. The summed E-state index contributed by atoms with van der Waals surface area (Å²) < 4.78 is 34.0. The van der Waals surface area contributed by atoms with Crippen LogP contribution in [-0.4, -0.2) is 41.6 Å². The summed E-state index contributed by atoms with van der Waals surface area (Å²) in [5.41, 5.74) is 1.46. The van der Waals surface area contributed by atoms with Gasteiger partial charge in [0.15, 0.2) is 0 Å². The summed E-state index contributed by atoms with van der Waals surface area (Å²) in [6, 6.07) is 10.8. The van der Waals surface area contributed by atoms with E-state index in [1.807, 2.05) is 0 Å². The summed E-state index contributed by atoms with van der Waals surface area (Å²) in [5.74, 6) is 0. The molecule has 0 bridgehead atoms. The summed E-state index contributed by atoms with van der Waals surface area (Å²) in [6.07, 6.45) is 0. The van der Waals surface area contributed by atoms with Crippen LogP contribution in [0.5, 0.6) is 0 Å². The van der Waals surface area contributed by atoms with Crippen molar-refractivity contribution in [2.45, 2.75) is 27.3 Å². The first-order chi connectivity index (χ1) is 8.76. The topological polar surface area (TPSA) is 112 Å². The summed E-state index contributed by atoms with van der Waals surface area (Å²) in [4.78, 5) is 0. The molecule has 0 aromatic heterocycles. The average molecular weight is 306 g/mol. The zero-order valence-electron chi connectivity index (χ0n) is 12.4. The molecule has 20 heavy (non-hydrogen) atoms. The van der Waals surface area contributed by atoms with Crippen LogP contribution in [0.3, 0.4) is 0 Å². The molecule has 0 saturated heterocycles. The second kappa shape index (κ2) is 9.84. The molecular weight excluding hydrogens is 280 g/mol. The maximum Gasteiger partial charge on any atom is 0.215 e. The van der Waals surface area contributed by atoms with E-state index >= 15 is 0 Å². The largest absolute Gasteiger partial charge is 0.726 e. The van der Waals surface area contributed by atoms with E-state index in [1.54, 1.807) is 0 Å². The molecule has 0 aliphatic rings. The minimum atomic E-state index is -4.92. The van der Waals surface area contributed by atoms with Gasteiger partial charge in [-0.15, -0.1) is 0 Å². The Balaban J connectivity index is 0. The third-order valence-corrected chi connectivity index (χ3v) is 3.37. The third-order valence-electron chi connectivity index (χ3n) is 3.37. The standard InChI is InChI=1S/C13H22N.H3N.H2O4S/c1-4-14(5-2,6-3)12-13-10-8-7-9-11-13;;1-5(2,3)4/h7-11H,4-6,12H2,1-3H3;1H3;(H2,1,2,3,4)/q+1;;/p-1. The van der Waals surface area contributed by atoms with Gasteiger partial charge in [0.2, 0.25) is 10.4 Å². The van der Waals surface area contributed by atoms with E-state index in [0.29, 0.717) is 0 Å². The number of nitrogens with zero attached hydrogens (tertiary/aromatic N) is 1. The van der Waals surface area contributed by atoms with Crippen LogP contribution in [0.25, 0.3) is 0 Å².